The monoisotopic (exact) mass is 602 g/mol. The van der Waals surface area contributed by atoms with Gasteiger partial charge in [0.05, 0.1) is 18.9 Å². The highest BCUT2D eigenvalue weighted by molar-refractivity contribution is 9.10. The summed E-state index contributed by atoms with van der Waals surface area (Å²) < 4.78 is 7.99. The number of morpholine rings is 1. The number of halogens is 1. The molecule has 0 saturated carbocycles. The van der Waals surface area contributed by atoms with Crippen LogP contribution in [0.3, 0.4) is 0 Å². The molecule has 1 saturated heterocycles. The maximum Gasteiger partial charge on any atom is 0.291 e. The number of carbonyl (C=O) groups is 2. The average Bonchev–Trinajstić information content (AvgIpc) is 3.40. The van der Waals surface area contributed by atoms with Crippen molar-refractivity contribution in [2.75, 3.05) is 36.1 Å². The number of nitrogens with one attached hydrogen (secondary N) is 1. The van der Waals surface area contributed by atoms with E-state index < -0.39 is 0 Å². The molecule has 1 atom stereocenters. The third-order valence-corrected chi connectivity index (χ3v) is 8.06. The van der Waals surface area contributed by atoms with Crippen molar-refractivity contribution < 1.29 is 14.3 Å². The van der Waals surface area contributed by atoms with Crippen molar-refractivity contribution in [2.45, 2.75) is 39.3 Å². The van der Waals surface area contributed by atoms with E-state index in [-0.39, 0.29) is 23.7 Å². The summed E-state index contributed by atoms with van der Waals surface area (Å²) in [7, 11) is 0. The SMILES string of the molecule is CC(=O)N1c2ccc(-c3ccc(CNC(=O)c4nc5c(N6CCOCC6)cc(Br)cn5n4)cc3)cc2CC[C@@H]1C. The Balaban J connectivity index is 1.14. The van der Waals surface area contributed by atoms with Gasteiger partial charge in [-0.3, -0.25) is 9.59 Å². The van der Waals surface area contributed by atoms with Gasteiger partial charge in [0, 0.05) is 49.0 Å². The number of aryl methyl sites for hydroxylation is 1. The Hall–Kier alpha value is -3.76. The minimum Gasteiger partial charge on any atom is -0.378 e. The molecule has 2 aromatic heterocycles. The number of nitrogens with zero attached hydrogens (tertiary/aromatic N) is 5. The first kappa shape index (κ1) is 26.5. The second-order valence-electron chi connectivity index (χ2n) is 10.3. The number of aromatic nitrogens is 3. The van der Waals surface area contributed by atoms with E-state index in [1.54, 1.807) is 17.6 Å². The van der Waals surface area contributed by atoms with Crippen molar-refractivity contribution >= 4 is 44.8 Å². The van der Waals surface area contributed by atoms with Crippen molar-refractivity contribution in [3.05, 3.63) is 76.2 Å². The van der Waals surface area contributed by atoms with Gasteiger partial charge < -0.3 is 19.9 Å². The number of hydrogen-bond donors (Lipinski definition) is 1. The van der Waals surface area contributed by atoms with Gasteiger partial charge in [-0.1, -0.05) is 30.3 Å². The minimum absolute atomic E-state index is 0.0804. The quantitative estimate of drug-likeness (QED) is 0.358. The molecule has 0 bridgehead atoms. The average molecular weight is 604 g/mol. The van der Waals surface area contributed by atoms with E-state index in [4.69, 9.17) is 4.74 Å². The summed E-state index contributed by atoms with van der Waals surface area (Å²) >= 11 is 3.55. The number of ether oxygens (including phenoxy) is 1. The fraction of sp³-hybridized carbons (Fsp3) is 0.333. The number of benzene rings is 2. The van der Waals surface area contributed by atoms with Crippen LogP contribution in [0.4, 0.5) is 11.4 Å². The standard InChI is InChI=1S/C30H31BrN6O3/c1-19-3-6-24-15-23(9-10-26(24)37(19)20(2)38)22-7-4-21(5-8-22)17-32-30(39)28-33-29-27(35-11-13-40-14-12-35)16-25(31)18-36(29)34-28/h4-5,7-10,15-16,18-19H,3,6,11-14,17H2,1-2H3,(H,32,39)/t19-/m0/s1. The lowest BCUT2D eigenvalue weighted by atomic mass is 9.93. The number of pyridine rings is 1. The fourth-order valence-electron chi connectivity index (χ4n) is 5.56. The Bertz CT molecular complexity index is 1580. The molecule has 40 heavy (non-hydrogen) atoms. The Morgan fingerprint density at radius 2 is 1.80 bits per heavy atom. The van der Waals surface area contributed by atoms with Crippen LogP contribution in [0.25, 0.3) is 16.8 Å². The molecular formula is C30H31BrN6O3. The largest absolute Gasteiger partial charge is 0.378 e. The van der Waals surface area contributed by atoms with Crippen LogP contribution in [0.5, 0.6) is 0 Å². The summed E-state index contributed by atoms with van der Waals surface area (Å²) in [5.41, 5.74) is 6.96. The predicted molar refractivity (Wildman–Crippen MR) is 158 cm³/mol. The Kier molecular flexibility index (Phi) is 7.29. The lowest BCUT2D eigenvalue weighted by Gasteiger charge is -2.34. The molecule has 1 N–H and O–H groups in total. The summed E-state index contributed by atoms with van der Waals surface area (Å²) in [6.45, 7) is 6.93. The lowest BCUT2D eigenvalue weighted by Crippen LogP contribution is -2.40. The third-order valence-electron chi connectivity index (χ3n) is 7.63. The molecule has 0 spiro atoms. The van der Waals surface area contributed by atoms with Crippen molar-refractivity contribution in [1.29, 1.82) is 0 Å². The highest BCUT2D eigenvalue weighted by Gasteiger charge is 2.26. The van der Waals surface area contributed by atoms with Gasteiger partial charge in [0.2, 0.25) is 11.7 Å². The number of hydrogen-bond acceptors (Lipinski definition) is 6. The van der Waals surface area contributed by atoms with Gasteiger partial charge in [-0.2, -0.15) is 0 Å². The number of amides is 2. The van der Waals surface area contributed by atoms with E-state index >= 15 is 0 Å². The zero-order valence-electron chi connectivity index (χ0n) is 22.6. The van der Waals surface area contributed by atoms with Crippen LogP contribution in [0, 0.1) is 0 Å². The highest BCUT2D eigenvalue weighted by Crippen LogP contribution is 2.34. The summed E-state index contributed by atoms with van der Waals surface area (Å²) in [5, 5.41) is 7.38. The Morgan fingerprint density at radius 1 is 1.05 bits per heavy atom. The number of carbonyl (C=O) groups excluding carboxylic acids is 2. The van der Waals surface area contributed by atoms with E-state index in [1.807, 2.05) is 23.1 Å². The highest BCUT2D eigenvalue weighted by atomic mass is 79.9. The third kappa shape index (κ3) is 5.21. The Labute approximate surface area is 241 Å². The maximum absolute atomic E-state index is 13.0. The zero-order chi connectivity index (χ0) is 27.8. The van der Waals surface area contributed by atoms with Gasteiger partial charge in [0.25, 0.3) is 5.91 Å². The van der Waals surface area contributed by atoms with Crippen LogP contribution in [0.15, 0.2) is 59.2 Å². The normalized spacial score (nSPS) is 17.1. The molecule has 0 radical (unpaired) electrons. The van der Waals surface area contributed by atoms with Crippen LogP contribution in [-0.4, -0.2) is 58.8 Å². The summed E-state index contributed by atoms with van der Waals surface area (Å²) in [4.78, 5) is 33.8. The van der Waals surface area contributed by atoms with Crippen LogP contribution >= 0.6 is 15.9 Å². The summed E-state index contributed by atoms with van der Waals surface area (Å²) in [5.74, 6) is -0.111. The molecular weight excluding hydrogens is 572 g/mol. The fourth-order valence-corrected chi connectivity index (χ4v) is 5.97. The molecule has 206 valence electrons. The van der Waals surface area contributed by atoms with Crippen molar-refractivity contribution in [3.63, 3.8) is 0 Å². The smallest absolute Gasteiger partial charge is 0.291 e. The first-order chi connectivity index (χ1) is 19.4. The molecule has 10 heteroatoms. The molecule has 2 aliphatic heterocycles. The maximum atomic E-state index is 13.0. The first-order valence-corrected chi connectivity index (χ1v) is 14.4. The second kappa shape index (κ2) is 11.0. The summed E-state index contributed by atoms with van der Waals surface area (Å²) in [6, 6.07) is 16.7. The molecule has 2 aliphatic rings. The number of rotatable bonds is 5. The van der Waals surface area contributed by atoms with Crippen molar-refractivity contribution in [3.8, 4) is 11.1 Å². The minimum atomic E-state index is -0.323. The van der Waals surface area contributed by atoms with Gasteiger partial charge in [0.15, 0.2) is 5.65 Å². The molecule has 9 nitrogen and oxygen atoms in total. The van der Waals surface area contributed by atoms with Crippen LogP contribution in [0.1, 0.15) is 42.0 Å². The molecule has 0 aliphatic carbocycles. The van der Waals surface area contributed by atoms with Gasteiger partial charge >= 0.3 is 0 Å². The van der Waals surface area contributed by atoms with Crippen LogP contribution in [0.2, 0.25) is 0 Å². The Morgan fingerprint density at radius 3 is 2.55 bits per heavy atom. The van der Waals surface area contributed by atoms with Gasteiger partial charge in [0.1, 0.15) is 0 Å². The molecule has 2 amide bonds. The van der Waals surface area contributed by atoms with E-state index in [0.717, 1.165) is 58.5 Å². The summed E-state index contributed by atoms with van der Waals surface area (Å²) in [6.07, 6.45) is 3.72. The molecule has 6 rings (SSSR count). The van der Waals surface area contributed by atoms with Gasteiger partial charge in [-0.15, -0.1) is 5.10 Å². The van der Waals surface area contributed by atoms with Gasteiger partial charge in [-0.05, 0) is 76.1 Å². The molecule has 4 heterocycles. The van der Waals surface area contributed by atoms with E-state index in [2.05, 4.69) is 73.5 Å². The van der Waals surface area contributed by atoms with E-state index in [1.165, 1.54) is 5.56 Å². The number of anilines is 2. The predicted octanol–water partition coefficient (Wildman–Crippen LogP) is 4.61. The van der Waals surface area contributed by atoms with Crippen LogP contribution < -0.4 is 15.1 Å². The van der Waals surface area contributed by atoms with E-state index in [9.17, 15) is 9.59 Å². The lowest BCUT2D eigenvalue weighted by molar-refractivity contribution is -0.117. The van der Waals surface area contributed by atoms with Crippen molar-refractivity contribution in [2.24, 2.45) is 0 Å². The van der Waals surface area contributed by atoms with Crippen molar-refractivity contribution in [1.82, 2.24) is 19.9 Å². The first-order valence-electron chi connectivity index (χ1n) is 13.6. The second-order valence-corrected chi connectivity index (χ2v) is 11.3. The van der Waals surface area contributed by atoms with Crippen LogP contribution in [-0.2, 0) is 22.5 Å². The molecule has 0 unspecified atom stereocenters. The molecule has 1 fully saturated rings. The number of fused-ring (bicyclic) bond motifs is 2. The van der Waals surface area contributed by atoms with Gasteiger partial charge in [-0.25, -0.2) is 9.50 Å². The van der Waals surface area contributed by atoms with E-state index in [0.29, 0.717) is 25.4 Å². The molecule has 2 aromatic carbocycles. The zero-order valence-corrected chi connectivity index (χ0v) is 24.1. The topological polar surface area (TPSA) is 92.1 Å². The molecule has 4 aromatic rings.